The van der Waals surface area contributed by atoms with Crippen LogP contribution in [0.4, 0.5) is 93.0 Å². The summed E-state index contributed by atoms with van der Waals surface area (Å²) in [6.07, 6.45) is 30.8. The second-order valence-electron chi connectivity index (χ2n) is 36.5. The maximum Gasteiger partial charge on any atom is 0.170 e. The first-order valence-corrected chi connectivity index (χ1v) is 46.9. The van der Waals surface area contributed by atoms with Gasteiger partial charge >= 0.3 is 0 Å². The molecule has 6 nitrogen and oxygen atoms in total. The molecule has 2 aliphatic rings. The highest BCUT2D eigenvalue weighted by Gasteiger charge is 2.44. The van der Waals surface area contributed by atoms with E-state index in [2.05, 4.69) is 135 Å². The molecule has 0 aliphatic carbocycles. The molecule has 137 heavy (non-hydrogen) atoms. The predicted molar refractivity (Wildman–Crippen MR) is 526 cm³/mol. The summed E-state index contributed by atoms with van der Waals surface area (Å²) < 4.78 is 247. The van der Waals surface area contributed by atoms with Crippen LogP contribution in [0.3, 0.4) is 0 Å². The molecular weight excluding hydrogens is 1780 g/mol. The van der Waals surface area contributed by atoms with Gasteiger partial charge in [-0.3, -0.25) is 13.8 Å². The Balaban J connectivity index is 0.000000243. The Kier molecular flexibility index (Phi) is 39.2. The highest BCUT2D eigenvalue weighted by molar-refractivity contribution is 5.84. The summed E-state index contributed by atoms with van der Waals surface area (Å²) in [6.45, 7) is 20.4. The molecule has 0 spiro atoms. The molecule has 0 saturated heterocycles. The number of hydrogen-bond acceptors (Lipinski definition) is 3. The Morgan fingerprint density at radius 1 is 0.299 bits per heavy atom. The van der Waals surface area contributed by atoms with Crippen LogP contribution >= 0.6 is 0 Å². The van der Waals surface area contributed by atoms with Crippen molar-refractivity contribution in [2.45, 2.75) is 198 Å². The van der Waals surface area contributed by atoms with Crippen LogP contribution in [0.2, 0.25) is 0 Å². The van der Waals surface area contributed by atoms with Crippen molar-refractivity contribution in [3.8, 4) is 66.8 Å². The van der Waals surface area contributed by atoms with Gasteiger partial charge in [-0.2, -0.15) is 0 Å². The van der Waals surface area contributed by atoms with Crippen LogP contribution in [0.1, 0.15) is 230 Å². The number of aliphatic hydroxyl groups is 1. The van der Waals surface area contributed by atoms with Crippen molar-refractivity contribution in [2.75, 3.05) is 54.4 Å². The van der Waals surface area contributed by atoms with Crippen molar-refractivity contribution in [3.05, 3.63) is 336 Å². The summed E-state index contributed by atoms with van der Waals surface area (Å²) in [6, 6.07) is 47.8. The number of aliphatic hydroxyl groups excluding tert-OH is 1. The molecule has 0 fully saturated rings. The van der Waals surface area contributed by atoms with E-state index in [0.29, 0.717) is 24.0 Å². The molecule has 728 valence electrons. The number of carbonyl (C=O) groups excluding carboxylic acids is 1. The maximum absolute atomic E-state index is 15.7. The summed E-state index contributed by atoms with van der Waals surface area (Å²) in [4.78, 5) is 11.6. The van der Waals surface area contributed by atoms with Crippen molar-refractivity contribution in [2.24, 2.45) is 0 Å². The molecule has 14 rings (SSSR count). The first-order valence-electron chi connectivity index (χ1n) is 46.9. The second kappa shape index (κ2) is 49.2. The SMILES string of the molecule is C.C/C=C/c1ccc2c(c1)[N+](CCCCCC)(CCCCCC)c1cc(/C=C/c3ccc(-c4c(F)c(F)c(-c5c(F)c(F)c(-c6ccc(C)cc6)c(F)c5F)c(F)c4F)cc3)ccc1C2.CCCCCC[N+]1(CCCCCC)c2cc(C=O)ccc2Cc2ccc(CO)cc21.CCc1ccc(-c2c(F)c(F)c(-c3c(F)c(F)c(-c4ccc(CC)cc4)c(F)c3F)c(F)c2F)cc1.C[N+](C)(C)C.[OH-]. The Morgan fingerprint density at radius 3 is 0.810 bits per heavy atom. The molecule has 2 aliphatic heterocycles. The average Bonchev–Trinajstić information content (AvgIpc) is 0.709. The lowest BCUT2D eigenvalue weighted by atomic mass is 9.89. The van der Waals surface area contributed by atoms with Crippen molar-refractivity contribution in [1.29, 1.82) is 0 Å². The van der Waals surface area contributed by atoms with E-state index in [1.807, 2.05) is 39.0 Å². The van der Waals surface area contributed by atoms with E-state index in [1.54, 1.807) is 6.92 Å². The van der Waals surface area contributed by atoms with Gasteiger partial charge in [-0.25, -0.2) is 70.2 Å². The summed E-state index contributed by atoms with van der Waals surface area (Å²) in [7, 11) is 8.50. The molecule has 0 unspecified atom stereocenters. The summed E-state index contributed by atoms with van der Waals surface area (Å²) in [5.41, 5.74) is 4.20. The number of halogens is 16. The van der Waals surface area contributed by atoms with E-state index < -0.39 is 138 Å². The fourth-order valence-electron chi connectivity index (χ4n) is 18.1. The third-order valence-corrected chi connectivity index (χ3v) is 25.2. The number of nitrogens with zero attached hydrogens (tertiary/aromatic N) is 3. The van der Waals surface area contributed by atoms with Gasteiger partial charge in [-0.15, -0.1) is 0 Å². The molecule has 12 aromatic rings. The van der Waals surface area contributed by atoms with Gasteiger partial charge in [-0.1, -0.05) is 276 Å². The molecule has 0 bridgehead atoms. The number of aldehydes is 1. The molecule has 22 heteroatoms. The van der Waals surface area contributed by atoms with Gasteiger partial charge in [-0.05, 0) is 134 Å². The Hall–Kier alpha value is -11.5. The van der Waals surface area contributed by atoms with E-state index in [1.165, 1.54) is 212 Å². The van der Waals surface area contributed by atoms with Crippen molar-refractivity contribution in [1.82, 2.24) is 8.97 Å². The minimum atomic E-state index is -2.21. The lowest BCUT2D eigenvalue weighted by Gasteiger charge is -2.43. The number of quaternary nitrogens is 3. The lowest BCUT2D eigenvalue weighted by molar-refractivity contribution is -0.849. The van der Waals surface area contributed by atoms with Crippen LogP contribution in [-0.2, 0) is 32.3 Å². The smallest absolute Gasteiger partial charge is 0.170 e. The highest BCUT2D eigenvalue weighted by Crippen LogP contribution is 2.51. The van der Waals surface area contributed by atoms with E-state index in [0.717, 1.165) is 125 Å². The summed E-state index contributed by atoms with van der Waals surface area (Å²) in [5, 5.41) is 9.83. The van der Waals surface area contributed by atoms with Crippen LogP contribution in [-0.4, -0.2) is 75.7 Å². The fraction of sp³-hybridized carbons (Fsp3) is 0.330. The monoisotopic (exact) mass is 1900 g/mol. The highest BCUT2D eigenvalue weighted by atomic mass is 19.2. The van der Waals surface area contributed by atoms with Crippen LogP contribution in [0.15, 0.2) is 176 Å². The average molecular weight is 1900 g/mol. The molecule has 0 atom stereocenters. The number of benzene rings is 12. The fourth-order valence-corrected chi connectivity index (χ4v) is 18.1. The molecule has 0 radical (unpaired) electrons. The van der Waals surface area contributed by atoms with Gasteiger partial charge < -0.3 is 15.1 Å². The van der Waals surface area contributed by atoms with E-state index in [9.17, 15) is 45.0 Å². The molecule has 0 saturated carbocycles. The van der Waals surface area contributed by atoms with Gasteiger partial charge in [0.15, 0.2) is 93.1 Å². The number of carbonyl (C=O) groups is 1. The van der Waals surface area contributed by atoms with Gasteiger partial charge in [0.1, 0.15) is 29.0 Å². The molecule has 2 heterocycles. The van der Waals surface area contributed by atoms with Gasteiger partial charge in [0.25, 0.3) is 0 Å². The van der Waals surface area contributed by atoms with Gasteiger partial charge in [0, 0.05) is 64.9 Å². The summed E-state index contributed by atoms with van der Waals surface area (Å²) in [5.74, 6) is -33.4. The number of unbranched alkanes of at least 4 members (excludes halogenated alkanes) is 12. The number of hydrogen-bond donors (Lipinski definition) is 1. The molecule has 2 N–H and O–H groups in total. The Bertz CT molecular complexity index is 5980. The molecule has 0 amide bonds. The first kappa shape index (κ1) is 109. The number of rotatable bonds is 33. The third kappa shape index (κ3) is 24.4. The number of fused-ring (bicyclic) bond motifs is 4. The van der Waals surface area contributed by atoms with Crippen LogP contribution in [0.25, 0.3) is 85.0 Å². The van der Waals surface area contributed by atoms with Crippen molar-refractivity contribution < 1.29 is 90.1 Å². The van der Waals surface area contributed by atoms with E-state index in [-0.39, 0.29) is 41.8 Å². The predicted octanol–water partition coefficient (Wildman–Crippen LogP) is 33.4. The van der Waals surface area contributed by atoms with Crippen molar-refractivity contribution >= 4 is 47.3 Å². The standard InChI is InChI=1S/C55H52F8N.C28H18F8.C27H38NO2.C4H12N.CH4.H2O/c1-5-8-10-12-29-64(30-13-11-9-6-2)42-31-36(14-7-3)21-27-40(42)33-41-28-22-37(32-43(41)64)18-17-35-19-25-39(26-20-35)45-50(58)54(62)47(55(63)51(45)59)46-52(60)48(56)44(49(57)53(46)61)38-23-15-34(4)16-24-38;1-3-13-5-9-15(10-6-13)17-21(29)25(33)19(26(34)22(17)30)20-27(35)23(31)18(24(32)28(20)36)16-11-7-14(4-2)8-12-16;1-3-5-7-9-15-28(16-10-8-6-4-2)26-17-22(20-29)11-13-24(26)19-25-14-12-23(21-30)18-27(25)28;1-5(2,3)4;;/h7,14-28,31-32H,5-6,8-13,29-30,33H2,1-4H3;5-12H,3-4H2,1-2H3;11-14,17-18,20,30H,3-10,15-16,19,21H2,1-2H3;1-4H3;1H4;1H2/q+1;;2*+1;;/p-1/b14-7+,18-17+;;;;;. The molecule has 0 aromatic heterocycles. The normalized spacial score (nSPS) is 12.7. The van der Waals surface area contributed by atoms with Crippen LogP contribution in [0, 0.1) is 100.0 Å². The molecule has 12 aromatic carbocycles. The quantitative estimate of drug-likeness (QED) is 0.0111. The van der Waals surface area contributed by atoms with Crippen LogP contribution in [0.5, 0.6) is 0 Å². The number of aryl methyl sites for hydroxylation is 3. The topological polar surface area (TPSA) is 67.3 Å². The Labute approximate surface area is 796 Å². The van der Waals surface area contributed by atoms with Crippen molar-refractivity contribution in [3.63, 3.8) is 0 Å². The Morgan fingerprint density at radius 2 is 0.533 bits per heavy atom. The number of allylic oxidation sites excluding steroid dienone is 1. The minimum absolute atomic E-state index is 0. The summed E-state index contributed by atoms with van der Waals surface area (Å²) >= 11 is 0. The zero-order valence-corrected chi connectivity index (χ0v) is 79.4. The minimum Gasteiger partial charge on any atom is -0.870 e. The van der Waals surface area contributed by atoms with Gasteiger partial charge in [0.05, 0.1) is 105 Å². The lowest BCUT2D eigenvalue weighted by Crippen LogP contribution is -2.48. The zero-order valence-electron chi connectivity index (χ0n) is 79.4. The van der Waals surface area contributed by atoms with Crippen LogP contribution < -0.4 is 8.97 Å². The second-order valence-corrected chi connectivity index (χ2v) is 36.5. The third-order valence-electron chi connectivity index (χ3n) is 25.2. The van der Waals surface area contributed by atoms with E-state index >= 15 is 35.1 Å². The first-order chi connectivity index (χ1) is 64.6. The maximum atomic E-state index is 15.7. The molecular formula is C115H125F16N3O3+2. The van der Waals surface area contributed by atoms with Gasteiger partial charge in [0.2, 0.25) is 0 Å². The largest absolute Gasteiger partial charge is 0.870 e. The van der Waals surface area contributed by atoms with E-state index in [4.69, 9.17) is 0 Å². The zero-order chi connectivity index (χ0) is 97.9.